The molecule has 0 bridgehead atoms. The second kappa shape index (κ2) is 7.86. The van der Waals surface area contributed by atoms with Crippen molar-refractivity contribution in [2.45, 2.75) is 13.8 Å². The van der Waals surface area contributed by atoms with Crippen LogP contribution in [-0.2, 0) is 32.7 Å². The van der Waals surface area contributed by atoms with Gasteiger partial charge in [-0.25, -0.2) is 0 Å². The Morgan fingerprint density at radius 3 is 2.58 bits per heavy atom. The van der Waals surface area contributed by atoms with Gasteiger partial charge in [-0.1, -0.05) is 19.1 Å². The number of phenolic OH excluding ortho intramolecular Hbond substituents is 1. The summed E-state index contributed by atoms with van der Waals surface area (Å²) in [6.45, 7) is 3.88. The summed E-state index contributed by atoms with van der Waals surface area (Å²) in [5, 5.41) is 24.1. The fourth-order valence-corrected chi connectivity index (χ4v) is 2.62. The van der Waals surface area contributed by atoms with Crippen molar-refractivity contribution in [1.29, 1.82) is 0 Å². The quantitative estimate of drug-likeness (QED) is 0.461. The Hall–Kier alpha value is -1.78. The topological polar surface area (TPSA) is 57.0 Å². The first-order valence-electron chi connectivity index (χ1n) is 7.43. The summed E-state index contributed by atoms with van der Waals surface area (Å²) in [4.78, 5) is 0. The van der Waals surface area contributed by atoms with Gasteiger partial charge < -0.3 is 10.4 Å². The van der Waals surface area contributed by atoms with Crippen molar-refractivity contribution in [3.8, 4) is 5.75 Å². The van der Waals surface area contributed by atoms with Gasteiger partial charge in [-0.05, 0) is 35.7 Å². The molecular formula is C19H18N3OY-. The minimum Gasteiger partial charge on any atom is -0.505 e. The molecule has 3 aromatic carbocycles. The van der Waals surface area contributed by atoms with Crippen LogP contribution in [0.25, 0.3) is 10.8 Å². The molecule has 3 rings (SSSR count). The van der Waals surface area contributed by atoms with Crippen LogP contribution >= 0.6 is 0 Å². The predicted molar refractivity (Wildman–Crippen MR) is 94.1 cm³/mol. The molecule has 24 heavy (non-hydrogen) atoms. The number of nitrogens with one attached hydrogen (secondary N) is 1. The van der Waals surface area contributed by atoms with Gasteiger partial charge in [0.1, 0.15) is 5.69 Å². The van der Waals surface area contributed by atoms with Gasteiger partial charge in [-0.2, -0.15) is 23.3 Å². The Balaban J connectivity index is 0.00000208. The van der Waals surface area contributed by atoms with Crippen LogP contribution in [0.3, 0.4) is 0 Å². The summed E-state index contributed by atoms with van der Waals surface area (Å²) < 4.78 is 0. The number of nitrogens with zero attached hydrogens (tertiary/aromatic N) is 2. The van der Waals surface area contributed by atoms with Crippen molar-refractivity contribution in [2.24, 2.45) is 10.2 Å². The van der Waals surface area contributed by atoms with Crippen molar-refractivity contribution in [3.05, 3.63) is 59.7 Å². The first kappa shape index (κ1) is 18.6. The van der Waals surface area contributed by atoms with Gasteiger partial charge in [0.15, 0.2) is 5.75 Å². The van der Waals surface area contributed by atoms with E-state index in [9.17, 15) is 5.11 Å². The molecule has 5 heteroatoms. The average Bonchev–Trinajstić information content (AvgIpc) is 2.55. The molecule has 0 saturated heterocycles. The molecule has 3 aromatic rings. The van der Waals surface area contributed by atoms with E-state index in [0.717, 1.165) is 33.3 Å². The zero-order valence-corrected chi connectivity index (χ0v) is 16.8. The number of hydrogen-bond acceptors (Lipinski definition) is 4. The van der Waals surface area contributed by atoms with E-state index in [1.165, 1.54) is 0 Å². The van der Waals surface area contributed by atoms with E-state index in [1.54, 1.807) is 6.07 Å². The van der Waals surface area contributed by atoms with Gasteiger partial charge in [-0.15, -0.1) is 16.7 Å². The molecule has 2 N–H and O–H groups in total. The second-order valence-corrected chi connectivity index (χ2v) is 5.46. The predicted octanol–water partition coefficient (Wildman–Crippen LogP) is 5.42. The Morgan fingerprint density at radius 2 is 1.88 bits per heavy atom. The van der Waals surface area contributed by atoms with Crippen LogP contribution in [0.4, 0.5) is 17.1 Å². The molecule has 1 radical (unpaired) electrons. The van der Waals surface area contributed by atoms with Crippen LogP contribution in [-0.4, -0.2) is 12.2 Å². The van der Waals surface area contributed by atoms with E-state index in [-0.39, 0.29) is 38.5 Å². The SMILES string of the molecule is CNc1cccc2cc(C)c(N=Nc3cc[c-]cc3C)c(O)c12.[Y]. The molecule has 0 fully saturated rings. The monoisotopic (exact) mass is 393 g/mol. The molecule has 0 aliphatic rings. The molecule has 0 saturated carbocycles. The van der Waals surface area contributed by atoms with Crippen LogP contribution in [0.1, 0.15) is 11.1 Å². The molecule has 0 aliphatic carbocycles. The summed E-state index contributed by atoms with van der Waals surface area (Å²) in [5.41, 5.74) is 4.00. The summed E-state index contributed by atoms with van der Waals surface area (Å²) in [6, 6.07) is 16.4. The number of azo groups is 1. The van der Waals surface area contributed by atoms with Crippen molar-refractivity contribution in [2.75, 3.05) is 12.4 Å². The van der Waals surface area contributed by atoms with Crippen molar-refractivity contribution >= 4 is 27.8 Å². The first-order valence-corrected chi connectivity index (χ1v) is 7.43. The van der Waals surface area contributed by atoms with Gasteiger partial charge in [0.2, 0.25) is 0 Å². The van der Waals surface area contributed by atoms with E-state index < -0.39 is 0 Å². The summed E-state index contributed by atoms with van der Waals surface area (Å²) in [5.74, 6) is 0.147. The maximum atomic E-state index is 10.7. The zero-order valence-electron chi connectivity index (χ0n) is 14.0. The first-order chi connectivity index (χ1) is 11.1. The molecule has 119 valence electrons. The molecule has 0 aromatic heterocycles. The smallest absolute Gasteiger partial charge is 0.153 e. The third-order valence-electron chi connectivity index (χ3n) is 3.87. The van der Waals surface area contributed by atoms with Crippen molar-refractivity contribution in [3.63, 3.8) is 0 Å². The Bertz CT molecular complexity index is 906. The maximum absolute atomic E-state index is 10.7. The average molecular weight is 393 g/mol. The van der Waals surface area contributed by atoms with E-state index in [1.807, 2.05) is 57.3 Å². The largest absolute Gasteiger partial charge is 0.505 e. The number of aromatic hydroxyl groups is 1. The minimum atomic E-state index is 0. The minimum absolute atomic E-state index is 0. The maximum Gasteiger partial charge on any atom is 0.153 e. The van der Waals surface area contributed by atoms with E-state index in [2.05, 4.69) is 21.6 Å². The van der Waals surface area contributed by atoms with E-state index in [4.69, 9.17) is 0 Å². The van der Waals surface area contributed by atoms with Gasteiger partial charge >= 0.3 is 0 Å². The van der Waals surface area contributed by atoms with Crippen LogP contribution < -0.4 is 5.32 Å². The summed E-state index contributed by atoms with van der Waals surface area (Å²) in [7, 11) is 1.83. The number of phenols is 1. The standard InChI is InChI=1S/C19H18N3O.Y/c1-12-7-4-5-9-15(12)21-22-18-13(2)11-14-8-6-10-16(20-3)17(14)19(18)23;/h5-11,20,23H,1-3H3;/q-1;. The van der Waals surface area contributed by atoms with Crippen molar-refractivity contribution < 1.29 is 37.8 Å². The number of rotatable bonds is 3. The normalized spacial score (nSPS) is 10.8. The van der Waals surface area contributed by atoms with Gasteiger partial charge in [0.05, 0.1) is 0 Å². The van der Waals surface area contributed by atoms with E-state index in [0.29, 0.717) is 5.69 Å². The third kappa shape index (κ3) is 3.50. The summed E-state index contributed by atoms with van der Waals surface area (Å²) >= 11 is 0. The van der Waals surface area contributed by atoms with Crippen molar-refractivity contribution in [1.82, 2.24) is 0 Å². The number of hydrogen-bond donors (Lipinski definition) is 2. The van der Waals surface area contributed by atoms with Crippen LogP contribution in [0.5, 0.6) is 5.75 Å². The number of fused-ring (bicyclic) bond motifs is 1. The Kier molecular flexibility index (Phi) is 6.08. The number of anilines is 1. The molecule has 0 heterocycles. The molecular weight excluding hydrogens is 375 g/mol. The Morgan fingerprint density at radius 1 is 1.08 bits per heavy atom. The number of benzene rings is 3. The van der Waals surface area contributed by atoms with Crippen LogP contribution in [0.15, 0.2) is 52.7 Å². The molecule has 0 atom stereocenters. The van der Waals surface area contributed by atoms with Gasteiger partial charge in [0.25, 0.3) is 0 Å². The van der Waals surface area contributed by atoms with Crippen LogP contribution in [0, 0.1) is 19.9 Å². The molecule has 0 unspecified atom stereocenters. The third-order valence-corrected chi connectivity index (χ3v) is 3.87. The zero-order chi connectivity index (χ0) is 16.4. The summed E-state index contributed by atoms with van der Waals surface area (Å²) in [6.07, 6.45) is 0. The van der Waals surface area contributed by atoms with Gasteiger partial charge in [0, 0.05) is 50.8 Å². The van der Waals surface area contributed by atoms with Gasteiger partial charge in [-0.3, -0.25) is 0 Å². The number of aryl methyl sites for hydroxylation is 2. The van der Waals surface area contributed by atoms with E-state index >= 15 is 0 Å². The molecule has 4 nitrogen and oxygen atoms in total. The van der Waals surface area contributed by atoms with Crippen LogP contribution in [0.2, 0.25) is 0 Å². The molecule has 0 aliphatic heterocycles. The fourth-order valence-electron chi connectivity index (χ4n) is 2.62. The molecule has 0 spiro atoms. The Labute approximate surface area is 166 Å². The molecule has 0 amide bonds. The fraction of sp³-hybridized carbons (Fsp3) is 0.158. The second-order valence-electron chi connectivity index (χ2n) is 5.46.